The highest BCUT2D eigenvalue weighted by molar-refractivity contribution is 5.83. The Hall–Kier alpha value is -0.570. The van der Waals surface area contributed by atoms with E-state index in [9.17, 15) is 4.79 Å². The molecule has 18 heavy (non-hydrogen) atoms. The zero-order chi connectivity index (χ0) is 13.4. The van der Waals surface area contributed by atoms with Gasteiger partial charge in [-0.15, -0.1) is 0 Å². The molecule has 0 unspecified atom stereocenters. The Balaban J connectivity index is 2.78. The molecule has 0 saturated carbocycles. The first-order chi connectivity index (χ1) is 8.70. The van der Waals surface area contributed by atoms with Crippen molar-refractivity contribution >= 4 is 5.91 Å². The van der Waals surface area contributed by atoms with Crippen molar-refractivity contribution in [3.8, 4) is 0 Å². The average Bonchev–Trinajstić information content (AvgIpc) is 2.66. The van der Waals surface area contributed by atoms with E-state index in [1.165, 1.54) is 12.8 Å². The molecular weight excluding hydrogens is 224 g/mol. The van der Waals surface area contributed by atoms with Gasteiger partial charge >= 0.3 is 0 Å². The Labute approximate surface area is 112 Å². The van der Waals surface area contributed by atoms with Crippen molar-refractivity contribution in [3.05, 3.63) is 0 Å². The highest BCUT2D eigenvalue weighted by Crippen LogP contribution is 2.32. The van der Waals surface area contributed by atoms with Gasteiger partial charge in [0.1, 0.15) is 0 Å². The van der Waals surface area contributed by atoms with Crippen LogP contribution in [0, 0.1) is 5.41 Å². The molecule has 0 aromatic heterocycles. The summed E-state index contributed by atoms with van der Waals surface area (Å²) in [6.45, 7) is 6.68. The average molecular weight is 254 g/mol. The van der Waals surface area contributed by atoms with Crippen LogP contribution in [0.15, 0.2) is 0 Å². The van der Waals surface area contributed by atoms with E-state index in [2.05, 4.69) is 18.7 Å². The summed E-state index contributed by atoms with van der Waals surface area (Å²) in [5.74, 6) is 0.329. The molecule has 0 radical (unpaired) electrons. The Kier molecular flexibility index (Phi) is 6.69. The van der Waals surface area contributed by atoms with E-state index in [0.717, 1.165) is 51.6 Å². The number of hydrogen-bond donors (Lipinski definition) is 1. The first kappa shape index (κ1) is 15.5. The maximum atomic E-state index is 12.8. The van der Waals surface area contributed by atoms with Crippen LogP contribution in [0.5, 0.6) is 0 Å². The molecule has 0 aromatic carbocycles. The number of nitrogens with two attached hydrogens (primary N) is 1. The van der Waals surface area contributed by atoms with Gasteiger partial charge in [0.05, 0.1) is 5.41 Å². The molecule has 3 heteroatoms. The Bertz CT molecular complexity index is 239. The summed E-state index contributed by atoms with van der Waals surface area (Å²) < 4.78 is 0. The molecule has 3 nitrogen and oxygen atoms in total. The van der Waals surface area contributed by atoms with Crippen molar-refractivity contribution in [2.24, 2.45) is 11.1 Å². The Morgan fingerprint density at radius 3 is 1.94 bits per heavy atom. The second-order valence-electron chi connectivity index (χ2n) is 5.69. The summed E-state index contributed by atoms with van der Waals surface area (Å²) in [7, 11) is 0. The van der Waals surface area contributed by atoms with Gasteiger partial charge in [-0.3, -0.25) is 4.79 Å². The first-order valence-corrected chi connectivity index (χ1v) is 7.69. The maximum absolute atomic E-state index is 12.8. The van der Waals surface area contributed by atoms with Gasteiger partial charge in [0, 0.05) is 19.6 Å². The van der Waals surface area contributed by atoms with E-state index < -0.39 is 0 Å². The molecule has 1 saturated heterocycles. The first-order valence-electron chi connectivity index (χ1n) is 7.69. The van der Waals surface area contributed by atoms with Crippen LogP contribution in [0.4, 0.5) is 0 Å². The molecular formula is C15H30N2O. The minimum atomic E-state index is -0.284. The maximum Gasteiger partial charge on any atom is 0.230 e. The van der Waals surface area contributed by atoms with Gasteiger partial charge < -0.3 is 10.6 Å². The number of carbonyl (C=O) groups is 1. The van der Waals surface area contributed by atoms with E-state index in [1.807, 2.05) is 0 Å². The van der Waals surface area contributed by atoms with Gasteiger partial charge in [-0.25, -0.2) is 0 Å². The van der Waals surface area contributed by atoms with Crippen LogP contribution < -0.4 is 5.73 Å². The lowest BCUT2D eigenvalue weighted by atomic mass is 9.78. The van der Waals surface area contributed by atoms with E-state index in [-0.39, 0.29) is 5.41 Å². The number of amides is 1. The molecule has 1 rings (SSSR count). The van der Waals surface area contributed by atoms with Crippen molar-refractivity contribution in [3.63, 3.8) is 0 Å². The third-order valence-electron chi connectivity index (χ3n) is 4.19. The number of carbonyl (C=O) groups excluding carboxylic acids is 1. The lowest BCUT2D eigenvalue weighted by Gasteiger charge is -2.36. The summed E-state index contributed by atoms with van der Waals surface area (Å²) in [6.07, 6.45) is 8.80. The van der Waals surface area contributed by atoms with Gasteiger partial charge in [-0.1, -0.05) is 39.5 Å². The van der Waals surface area contributed by atoms with Crippen LogP contribution in [-0.4, -0.2) is 30.4 Å². The highest BCUT2D eigenvalue weighted by atomic mass is 16.2. The minimum Gasteiger partial charge on any atom is -0.342 e. The van der Waals surface area contributed by atoms with Gasteiger partial charge in [0.2, 0.25) is 5.91 Å². The fourth-order valence-corrected chi connectivity index (χ4v) is 3.20. The second kappa shape index (κ2) is 7.78. The molecule has 0 atom stereocenters. The molecule has 2 N–H and O–H groups in total. The number of likely N-dealkylation sites (tertiary alicyclic amines) is 1. The van der Waals surface area contributed by atoms with E-state index >= 15 is 0 Å². The van der Waals surface area contributed by atoms with E-state index in [1.54, 1.807) is 0 Å². The number of rotatable bonds is 6. The van der Waals surface area contributed by atoms with Crippen molar-refractivity contribution in [1.82, 2.24) is 4.90 Å². The predicted octanol–water partition coefficient (Wildman–Crippen LogP) is 2.93. The minimum absolute atomic E-state index is 0.284. The van der Waals surface area contributed by atoms with Gasteiger partial charge in [-0.2, -0.15) is 0 Å². The van der Waals surface area contributed by atoms with E-state index in [0.29, 0.717) is 12.5 Å². The number of nitrogens with zero attached hydrogens (tertiary/aromatic N) is 1. The van der Waals surface area contributed by atoms with E-state index in [4.69, 9.17) is 5.73 Å². The van der Waals surface area contributed by atoms with Gasteiger partial charge in [0.25, 0.3) is 0 Å². The van der Waals surface area contributed by atoms with Crippen LogP contribution in [-0.2, 0) is 4.79 Å². The number of hydrogen-bond acceptors (Lipinski definition) is 2. The predicted molar refractivity (Wildman–Crippen MR) is 76.4 cm³/mol. The Morgan fingerprint density at radius 1 is 1.06 bits per heavy atom. The summed E-state index contributed by atoms with van der Waals surface area (Å²) in [5, 5.41) is 0. The summed E-state index contributed by atoms with van der Waals surface area (Å²) in [6, 6.07) is 0. The second-order valence-corrected chi connectivity index (χ2v) is 5.69. The normalized spacial score (nSPS) is 17.6. The van der Waals surface area contributed by atoms with Gasteiger partial charge in [0.15, 0.2) is 0 Å². The monoisotopic (exact) mass is 254 g/mol. The molecule has 1 aliphatic rings. The smallest absolute Gasteiger partial charge is 0.230 e. The van der Waals surface area contributed by atoms with Crippen LogP contribution >= 0.6 is 0 Å². The fraction of sp³-hybridized carbons (Fsp3) is 0.933. The SMILES string of the molecule is CCCC(CN)(CCC)C(=O)N1CCCCCC1. The van der Waals surface area contributed by atoms with Gasteiger partial charge in [-0.05, 0) is 25.7 Å². The zero-order valence-corrected chi connectivity index (χ0v) is 12.2. The molecule has 0 aromatic rings. The molecule has 106 valence electrons. The topological polar surface area (TPSA) is 46.3 Å². The zero-order valence-electron chi connectivity index (χ0n) is 12.2. The molecule has 0 bridgehead atoms. The molecule has 1 amide bonds. The van der Waals surface area contributed by atoms with Crippen molar-refractivity contribution in [2.45, 2.75) is 65.2 Å². The lowest BCUT2D eigenvalue weighted by Crippen LogP contribution is -2.48. The fourth-order valence-electron chi connectivity index (χ4n) is 3.20. The molecule has 1 fully saturated rings. The lowest BCUT2D eigenvalue weighted by molar-refractivity contribution is -0.142. The Morgan fingerprint density at radius 2 is 1.56 bits per heavy atom. The van der Waals surface area contributed by atoms with Crippen LogP contribution in [0.1, 0.15) is 65.2 Å². The summed E-state index contributed by atoms with van der Waals surface area (Å²) >= 11 is 0. The molecule has 1 heterocycles. The quantitative estimate of drug-likeness (QED) is 0.792. The largest absolute Gasteiger partial charge is 0.342 e. The van der Waals surface area contributed by atoms with Crippen LogP contribution in [0.25, 0.3) is 0 Å². The standard InChI is InChI=1S/C15H30N2O/c1-3-9-15(13-16,10-4-2)14(18)17-11-7-5-6-8-12-17/h3-13,16H2,1-2H3. The summed E-state index contributed by atoms with van der Waals surface area (Å²) in [4.78, 5) is 14.9. The van der Waals surface area contributed by atoms with Crippen molar-refractivity contribution in [1.29, 1.82) is 0 Å². The highest BCUT2D eigenvalue weighted by Gasteiger charge is 2.38. The van der Waals surface area contributed by atoms with Crippen LogP contribution in [0.2, 0.25) is 0 Å². The third kappa shape index (κ3) is 3.71. The van der Waals surface area contributed by atoms with Crippen molar-refractivity contribution < 1.29 is 4.79 Å². The molecule has 0 aliphatic carbocycles. The van der Waals surface area contributed by atoms with Crippen LogP contribution in [0.3, 0.4) is 0 Å². The van der Waals surface area contributed by atoms with Crippen molar-refractivity contribution in [2.75, 3.05) is 19.6 Å². The third-order valence-corrected chi connectivity index (χ3v) is 4.19. The molecule has 1 aliphatic heterocycles. The molecule has 0 spiro atoms. The summed E-state index contributed by atoms with van der Waals surface area (Å²) in [5.41, 5.74) is 5.70.